The second-order valence-electron chi connectivity index (χ2n) is 7.48. The molecule has 0 N–H and O–H groups in total. The monoisotopic (exact) mass is 562 g/mol. The summed E-state index contributed by atoms with van der Waals surface area (Å²) in [7, 11) is 1.55. The number of nitro benzene ring substituents is 1. The smallest absolute Gasteiger partial charge is 0.269 e. The van der Waals surface area contributed by atoms with E-state index in [1.807, 2.05) is 60.7 Å². The van der Waals surface area contributed by atoms with Crippen molar-refractivity contribution in [3.05, 3.63) is 109 Å². The largest absolute Gasteiger partial charge is 0.493 e. The van der Waals surface area contributed by atoms with Crippen molar-refractivity contribution in [2.45, 2.75) is 6.61 Å². The van der Waals surface area contributed by atoms with Crippen LogP contribution in [-0.2, 0) is 6.61 Å². The molecule has 0 fully saturated rings. The second-order valence-corrected chi connectivity index (χ2v) is 8.64. The molecule has 0 saturated heterocycles. The van der Waals surface area contributed by atoms with E-state index in [2.05, 4.69) is 28.7 Å². The van der Waals surface area contributed by atoms with Gasteiger partial charge in [0.2, 0.25) is 0 Å². The summed E-state index contributed by atoms with van der Waals surface area (Å²) in [5, 5.41) is 23.0. The number of ether oxygens (including phenoxy) is 2. The second kappa shape index (κ2) is 10.4. The van der Waals surface area contributed by atoms with Crippen molar-refractivity contribution in [2.24, 2.45) is 0 Å². The molecule has 7 heteroatoms. The lowest BCUT2D eigenvalue weighted by Crippen LogP contribution is -2.01. The molecular formula is C27H19IN2O4. The predicted molar refractivity (Wildman–Crippen MR) is 141 cm³/mol. The van der Waals surface area contributed by atoms with E-state index >= 15 is 0 Å². The SMILES string of the molecule is COc1cc(/C=C(/C#N)c2ccc3ccccc3c2)cc(I)c1OCc1cccc([N+](=O)[O-])c1. The van der Waals surface area contributed by atoms with Crippen LogP contribution in [0.25, 0.3) is 22.4 Å². The van der Waals surface area contributed by atoms with Crippen molar-refractivity contribution in [2.75, 3.05) is 7.11 Å². The van der Waals surface area contributed by atoms with Crippen LogP contribution >= 0.6 is 22.6 Å². The Morgan fingerprint density at radius 1 is 1.06 bits per heavy atom. The van der Waals surface area contributed by atoms with E-state index < -0.39 is 4.92 Å². The minimum atomic E-state index is -0.433. The summed E-state index contributed by atoms with van der Waals surface area (Å²) in [6.45, 7) is 0.157. The number of fused-ring (bicyclic) bond motifs is 1. The molecule has 0 amide bonds. The van der Waals surface area contributed by atoms with Crippen molar-refractivity contribution >= 4 is 50.7 Å². The number of hydrogen-bond donors (Lipinski definition) is 0. The molecule has 0 unspecified atom stereocenters. The van der Waals surface area contributed by atoms with Crippen LogP contribution in [0.5, 0.6) is 11.5 Å². The first kappa shape index (κ1) is 23.3. The summed E-state index contributed by atoms with van der Waals surface area (Å²) in [4.78, 5) is 10.6. The van der Waals surface area contributed by atoms with Gasteiger partial charge in [0.1, 0.15) is 6.61 Å². The highest BCUT2D eigenvalue weighted by atomic mass is 127. The summed E-state index contributed by atoms with van der Waals surface area (Å²) in [6.07, 6.45) is 1.82. The molecule has 0 aliphatic rings. The van der Waals surface area contributed by atoms with Gasteiger partial charge in [0, 0.05) is 12.1 Å². The van der Waals surface area contributed by atoms with Crippen LogP contribution in [0, 0.1) is 25.0 Å². The number of nitro groups is 1. The van der Waals surface area contributed by atoms with Crippen LogP contribution in [0.3, 0.4) is 0 Å². The molecule has 168 valence electrons. The Morgan fingerprint density at radius 2 is 1.85 bits per heavy atom. The van der Waals surface area contributed by atoms with Crippen molar-refractivity contribution < 1.29 is 14.4 Å². The Balaban J connectivity index is 1.62. The summed E-state index contributed by atoms with van der Waals surface area (Å²) in [5.74, 6) is 1.05. The fourth-order valence-electron chi connectivity index (χ4n) is 3.58. The average Bonchev–Trinajstić information content (AvgIpc) is 2.86. The van der Waals surface area contributed by atoms with Crippen molar-refractivity contribution in [1.82, 2.24) is 0 Å². The number of non-ortho nitro benzene ring substituents is 1. The van der Waals surface area contributed by atoms with Gasteiger partial charge in [-0.3, -0.25) is 10.1 Å². The Labute approximate surface area is 210 Å². The van der Waals surface area contributed by atoms with Crippen molar-refractivity contribution in [3.8, 4) is 17.6 Å². The van der Waals surface area contributed by atoms with Gasteiger partial charge in [-0.15, -0.1) is 0 Å². The third-order valence-corrected chi connectivity index (χ3v) is 6.05. The van der Waals surface area contributed by atoms with E-state index in [-0.39, 0.29) is 12.3 Å². The number of halogens is 1. The summed E-state index contributed by atoms with van der Waals surface area (Å²) < 4.78 is 12.3. The van der Waals surface area contributed by atoms with E-state index in [4.69, 9.17) is 9.47 Å². The Kier molecular flexibility index (Phi) is 7.09. The van der Waals surface area contributed by atoms with Gasteiger partial charge in [-0.1, -0.05) is 48.5 Å². The number of allylic oxidation sites excluding steroid dienone is 1. The summed E-state index contributed by atoms with van der Waals surface area (Å²) in [5.41, 5.74) is 2.86. The molecule has 0 radical (unpaired) electrons. The fraction of sp³-hybridized carbons (Fsp3) is 0.0741. The molecule has 34 heavy (non-hydrogen) atoms. The molecule has 0 atom stereocenters. The van der Waals surface area contributed by atoms with Crippen molar-refractivity contribution in [3.63, 3.8) is 0 Å². The number of rotatable bonds is 7. The standard InChI is InChI=1S/C27H19IN2O4/c1-33-26-14-19(11-23(16-29)22-10-9-20-6-2-3-7-21(20)15-22)13-25(28)27(26)34-17-18-5-4-8-24(12-18)30(31)32/h2-15H,17H2,1H3/b23-11-. The number of hydrogen-bond acceptors (Lipinski definition) is 5. The van der Waals surface area contributed by atoms with Crippen LogP contribution < -0.4 is 9.47 Å². The molecule has 4 aromatic rings. The van der Waals surface area contributed by atoms with E-state index in [9.17, 15) is 15.4 Å². The zero-order valence-corrected chi connectivity index (χ0v) is 20.4. The molecule has 4 aromatic carbocycles. The number of methoxy groups -OCH3 is 1. The Morgan fingerprint density at radius 3 is 2.59 bits per heavy atom. The number of nitrogens with zero attached hydrogens (tertiary/aromatic N) is 2. The molecule has 0 aromatic heterocycles. The van der Waals surface area contributed by atoms with E-state index in [0.717, 1.165) is 25.5 Å². The van der Waals surface area contributed by atoms with Crippen LogP contribution in [-0.4, -0.2) is 12.0 Å². The molecule has 0 spiro atoms. The lowest BCUT2D eigenvalue weighted by molar-refractivity contribution is -0.384. The average molecular weight is 562 g/mol. The minimum Gasteiger partial charge on any atom is -0.493 e. The zero-order chi connectivity index (χ0) is 24.1. The molecule has 0 saturated carbocycles. The van der Waals surface area contributed by atoms with E-state index in [1.165, 1.54) is 12.1 Å². The summed E-state index contributed by atoms with van der Waals surface area (Å²) in [6, 6.07) is 26.3. The third kappa shape index (κ3) is 5.18. The van der Waals surface area contributed by atoms with E-state index in [0.29, 0.717) is 22.6 Å². The van der Waals surface area contributed by atoms with Gasteiger partial charge < -0.3 is 9.47 Å². The molecule has 0 bridgehead atoms. The highest BCUT2D eigenvalue weighted by Crippen LogP contribution is 2.36. The first-order chi connectivity index (χ1) is 16.5. The zero-order valence-electron chi connectivity index (χ0n) is 18.2. The molecule has 4 rings (SSSR count). The molecule has 6 nitrogen and oxygen atoms in total. The van der Waals surface area contributed by atoms with Gasteiger partial charge in [-0.2, -0.15) is 5.26 Å². The van der Waals surface area contributed by atoms with Gasteiger partial charge in [0.15, 0.2) is 11.5 Å². The van der Waals surface area contributed by atoms with Crippen LogP contribution in [0.2, 0.25) is 0 Å². The van der Waals surface area contributed by atoms with Crippen LogP contribution in [0.4, 0.5) is 5.69 Å². The van der Waals surface area contributed by atoms with Gasteiger partial charge in [0.25, 0.3) is 5.69 Å². The quantitative estimate of drug-likeness (QED) is 0.0796. The predicted octanol–water partition coefficient (Wildman–Crippen LogP) is 7.00. The first-order valence-electron chi connectivity index (χ1n) is 10.3. The topological polar surface area (TPSA) is 85.4 Å². The summed E-state index contributed by atoms with van der Waals surface area (Å²) >= 11 is 2.15. The highest BCUT2D eigenvalue weighted by molar-refractivity contribution is 14.1. The maximum Gasteiger partial charge on any atom is 0.269 e. The lowest BCUT2D eigenvalue weighted by Gasteiger charge is -2.14. The molecule has 0 aliphatic heterocycles. The van der Waals surface area contributed by atoms with E-state index in [1.54, 1.807) is 19.2 Å². The minimum absolute atomic E-state index is 0.0148. The van der Waals surface area contributed by atoms with Gasteiger partial charge in [-0.05, 0) is 74.3 Å². The molecule has 0 heterocycles. The Hall–Kier alpha value is -3.90. The number of nitriles is 1. The van der Waals surface area contributed by atoms with Crippen LogP contribution in [0.15, 0.2) is 78.9 Å². The first-order valence-corrected chi connectivity index (χ1v) is 11.4. The highest BCUT2D eigenvalue weighted by Gasteiger charge is 2.13. The molecule has 0 aliphatic carbocycles. The van der Waals surface area contributed by atoms with Crippen molar-refractivity contribution in [1.29, 1.82) is 5.26 Å². The van der Waals surface area contributed by atoms with Gasteiger partial charge in [-0.25, -0.2) is 0 Å². The van der Waals surface area contributed by atoms with Crippen LogP contribution in [0.1, 0.15) is 16.7 Å². The fourth-order valence-corrected chi connectivity index (χ4v) is 4.36. The maximum atomic E-state index is 11.0. The van der Waals surface area contributed by atoms with Gasteiger partial charge >= 0.3 is 0 Å². The normalized spacial score (nSPS) is 11.1. The lowest BCUT2D eigenvalue weighted by atomic mass is 10.00. The Bertz CT molecular complexity index is 1460. The molecular weight excluding hydrogens is 543 g/mol. The number of benzene rings is 4. The maximum absolute atomic E-state index is 11.0. The van der Waals surface area contributed by atoms with Gasteiger partial charge in [0.05, 0.1) is 27.2 Å². The third-order valence-electron chi connectivity index (χ3n) is 5.25.